The van der Waals surface area contributed by atoms with Gasteiger partial charge >= 0.3 is 0 Å². The second-order valence-corrected chi connectivity index (χ2v) is 4.26. The van der Waals surface area contributed by atoms with E-state index in [4.69, 9.17) is 4.74 Å². The van der Waals surface area contributed by atoms with Crippen LogP contribution in [0.5, 0.6) is 5.75 Å². The average molecular weight is 297 g/mol. The summed E-state index contributed by atoms with van der Waals surface area (Å²) >= 11 is 0. The number of pyridine rings is 1. The van der Waals surface area contributed by atoms with Crippen molar-refractivity contribution in [3.63, 3.8) is 0 Å². The van der Waals surface area contributed by atoms with E-state index in [1.165, 1.54) is 12.3 Å². The number of carbonyl (C=O) groups excluding carboxylic acids is 2. The predicted molar refractivity (Wildman–Crippen MR) is 81.9 cm³/mol. The number of nitrogens with one attached hydrogen (secondary N) is 2. The molecule has 1 aromatic heterocycles. The molecule has 2 N–H and O–H groups in total. The van der Waals surface area contributed by atoms with Crippen molar-refractivity contribution in [1.82, 2.24) is 15.8 Å². The van der Waals surface area contributed by atoms with E-state index in [2.05, 4.69) is 15.8 Å². The molecule has 0 atom stereocenters. The van der Waals surface area contributed by atoms with Gasteiger partial charge < -0.3 is 4.74 Å². The SMILES string of the molecule is COc1ccccc1/C=C/C(=O)NNC(=O)c1cccnc1. The molecule has 0 fully saturated rings. The Morgan fingerprint density at radius 2 is 1.95 bits per heavy atom. The minimum Gasteiger partial charge on any atom is -0.496 e. The number of aromatic nitrogens is 1. The standard InChI is InChI=1S/C16H15N3O3/c1-22-14-7-3-2-5-12(14)8-9-15(20)18-19-16(21)13-6-4-10-17-11-13/h2-11H,1H3,(H,18,20)(H,19,21)/b9-8+. The van der Waals surface area contributed by atoms with Gasteiger partial charge in [0, 0.05) is 24.0 Å². The van der Waals surface area contributed by atoms with E-state index in [0.717, 1.165) is 5.56 Å². The van der Waals surface area contributed by atoms with Crippen molar-refractivity contribution in [2.45, 2.75) is 0 Å². The van der Waals surface area contributed by atoms with Crippen LogP contribution in [-0.2, 0) is 4.79 Å². The fraction of sp³-hybridized carbons (Fsp3) is 0.0625. The number of hydrazine groups is 1. The van der Waals surface area contributed by atoms with Gasteiger partial charge in [-0.15, -0.1) is 0 Å². The lowest BCUT2D eigenvalue weighted by Crippen LogP contribution is -2.40. The highest BCUT2D eigenvalue weighted by atomic mass is 16.5. The van der Waals surface area contributed by atoms with E-state index in [1.807, 2.05) is 18.2 Å². The maximum atomic E-state index is 11.7. The number of benzene rings is 1. The molecule has 2 amide bonds. The van der Waals surface area contributed by atoms with Gasteiger partial charge in [-0.3, -0.25) is 25.4 Å². The average Bonchev–Trinajstić information content (AvgIpc) is 2.58. The molecule has 112 valence electrons. The summed E-state index contributed by atoms with van der Waals surface area (Å²) in [7, 11) is 1.56. The van der Waals surface area contributed by atoms with Gasteiger partial charge in [0.2, 0.25) is 0 Å². The first-order valence-corrected chi connectivity index (χ1v) is 6.52. The molecular weight excluding hydrogens is 282 g/mol. The minimum absolute atomic E-state index is 0.358. The molecule has 2 rings (SSSR count). The molecule has 1 aromatic carbocycles. The monoisotopic (exact) mass is 297 g/mol. The topological polar surface area (TPSA) is 80.3 Å². The Bertz CT molecular complexity index is 684. The largest absolute Gasteiger partial charge is 0.496 e. The molecule has 0 unspecified atom stereocenters. The summed E-state index contributed by atoms with van der Waals surface area (Å²) in [4.78, 5) is 27.2. The van der Waals surface area contributed by atoms with Gasteiger partial charge in [0.1, 0.15) is 5.75 Å². The van der Waals surface area contributed by atoms with Gasteiger partial charge in [0.15, 0.2) is 0 Å². The number of carbonyl (C=O) groups is 2. The molecule has 0 saturated heterocycles. The minimum atomic E-state index is -0.455. The van der Waals surface area contributed by atoms with Crippen LogP contribution in [-0.4, -0.2) is 23.9 Å². The van der Waals surface area contributed by atoms with Crippen molar-refractivity contribution in [2.24, 2.45) is 0 Å². The zero-order valence-electron chi connectivity index (χ0n) is 11.9. The van der Waals surface area contributed by atoms with Crippen molar-refractivity contribution in [1.29, 1.82) is 0 Å². The van der Waals surface area contributed by atoms with Crippen LogP contribution in [0.2, 0.25) is 0 Å². The van der Waals surface area contributed by atoms with Gasteiger partial charge in [-0.05, 0) is 24.3 Å². The first-order valence-electron chi connectivity index (χ1n) is 6.52. The lowest BCUT2D eigenvalue weighted by atomic mass is 10.2. The number of rotatable bonds is 4. The zero-order valence-corrected chi connectivity index (χ0v) is 11.9. The van der Waals surface area contributed by atoms with Crippen molar-refractivity contribution in [2.75, 3.05) is 7.11 Å². The number of amides is 2. The number of hydrogen-bond donors (Lipinski definition) is 2. The summed E-state index contributed by atoms with van der Waals surface area (Å²) in [5.74, 6) is -0.235. The number of methoxy groups -OCH3 is 1. The van der Waals surface area contributed by atoms with Gasteiger partial charge in [-0.1, -0.05) is 18.2 Å². The molecule has 6 nitrogen and oxygen atoms in total. The molecule has 6 heteroatoms. The normalized spacial score (nSPS) is 10.2. The Kier molecular flexibility index (Phi) is 5.25. The van der Waals surface area contributed by atoms with Crippen LogP contribution >= 0.6 is 0 Å². The van der Waals surface area contributed by atoms with E-state index in [0.29, 0.717) is 11.3 Å². The number of hydrogen-bond acceptors (Lipinski definition) is 4. The molecule has 2 aromatic rings. The fourth-order valence-electron chi connectivity index (χ4n) is 1.70. The van der Waals surface area contributed by atoms with Gasteiger partial charge in [-0.2, -0.15) is 0 Å². The highest BCUT2D eigenvalue weighted by Crippen LogP contribution is 2.18. The fourth-order valence-corrected chi connectivity index (χ4v) is 1.70. The van der Waals surface area contributed by atoms with Crippen molar-refractivity contribution in [3.8, 4) is 5.75 Å². The third-order valence-electron chi connectivity index (χ3n) is 2.78. The third-order valence-corrected chi connectivity index (χ3v) is 2.78. The lowest BCUT2D eigenvalue weighted by Gasteiger charge is -2.05. The maximum absolute atomic E-state index is 11.7. The van der Waals surface area contributed by atoms with Crippen molar-refractivity contribution >= 4 is 17.9 Å². The Morgan fingerprint density at radius 1 is 1.14 bits per heavy atom. The lowest BCUT2D eigenvalue weighted by molar-refractivity contribution is -0.117. The molecule has 0 bridgehead atoms. The molecule has 1 heterocycles. The Balaban J connectivity index is 1.90. The van der Waals surface area contributed by atoms with E-state index in [9.17, 15) is 9.59 Å². The molecule has 22 heavy (non-hydrogen) atoms. The quantitative estimate of drug-likeness (QED) is 0.663. The van der Waals surface area contributed by atoms with Gasteiger partial charge in [0.05, 0.1) is 12.7 Å². The van der Waals surface area contributed by atoms with E-state index in [1.54, 1.807) is 37.6 Å². The summed E-state index contributed by atoms with van der Waals surface area (Å²) in [6.07, 6.45) is 5.88. The number of nitrogens with zero attached hydrogens (tertiary/aromatic N) is 1. The molecular formula is C16H15N3O3. The highest BCUT2D eigenvalue weighted by Gasteiger charge is 2.05. The molecule has 0 radical (unpaired) electrons. The molecule has 0 aliphatic heterocycles. The second-order valence-electron chi connectivity index (χ2n) is 4.26. The van der Waals surface area contributed by atoms with Gasteiger partial charge in [0.25, 0.3) is 11.8 Å². The smallest absolute Gasteiger partial charge is 0.271 e. The summed E-state index contributed by atoms with van der Waals surface area (Å²) in [5, 5.41) is 0. The summed E-state index contributed by atoms with van der Waals surface area (Å²) in [6, 6.07) is 10.5. The van der Waals surface area contributed by atoms with Crippen LogP contribution in [0.4, 0.5) is 0 Å². The molecule has 0 spiro atoms. The van der Waals surface area contributed by atoms with Crippen molar-refractivity contribution in [3.05, 3.63) is 66.0 Å². The van der Waals surface area contributed by atoms with Crippen LogP contribution in [0, 0.1) is 0 Å². The summed E-state index contributed by atoms with van der Waals surface area (Å²) in [6.45, 7) is 0. The molecule has 0 aliphatic rings. The van der Waals surface area contributed by atoms with Crippen LogP contribution in [0.15, 0.2) is 54.9 Å². The second kappa shape index (κ2) is 7.58. The van der Waals surface area contributed by atoms with Gasteiger partial charge in [-0.25, -0.2) is 0 Å². The third kappa shape index (κ3) is 4.17. The summed E-state index contributed by atoms with van der Waals surface area (Å²) < 4.78 is 5.17. The Hall–Kier alpha value is -3.15. The van der Waals surface area contributed by atoms with Crippen LogP contribution in [0.25, 0.3) is 6.08 Å². The maximum Gasteiger partial charge on any atom is 0.271 e. The molecule has 0 saturated carbocycles. The summed E-state index contributed by atoms with van der Waals surface area (Å²) in [5.41, 5.74) is 5.72. The first-order chi connectivity index (χ1) is 10.7. The zero-order chi connectivity index (χ0) is 15.8. The van der Waals surface area contributed by atoms with E-state index in [-0.39, 0.29) is 0 Å². The highest BCUT2D eigenvalue weighted by molar-refractivity contribution is 5.97. The van der Waals surface area contributed by atoms with E-state index >= 15 is 0 Å². The number of para-hydroxylation sites is 1. The molecule has 0 aliphatic carbocycles. The van der Waals surface area contributed by atoms with Crippen LogP contribution < -0.4 is 15.6 Å². The van der Waals surface area contributed by atoms with Crippen LogP contribution in [0.1, 0.15) is 15.9 Å². The number of ether oxygens (including phenoxy) is 1. The van der Waals surface area contributed by atoms with E-state index < -0.39 is 11.8 Å². The Labute approximate surface area is 127 Å². The first kappa shape index (κ1) is 15.2. The van der Waals surface area contributed by atoms with Crippen LogP contribution in [0.3, 0.4) is 0 Å². The Morgan fingerprint density at radius 3 is 2.68 bits per heavy atom. The predicted octanol–water partition coefficient (Wildman–Crippen LogP) is 1.56. The van der Waals surface area contributed by atoms with Crippen molar-refractivity contribution < 1.29 is 14.3 Å².